The molecule has 1 saturated carbocycles. The molecule has 1 aliphatic carbocycles. The second-order valence-electron chi connectivity index (χ2n) is 5.79. The lowest BCUT2D eigenvalue weighted by Gasteiger charge is -2.41. The van der Waals surface area contributed by atoms with E-state index in [9.17, 15) is 8.78 Å². The first-order valence-corrected chi connectivity index (χ1v) is 7.50. The maximum Gasteiger partial charge on any atom is 0.127 e. The normalized spacial score (nSPS) is 17.9. The standard InChI is InChI=1S/C16H24F2N2/c1-2-9-20(16(12-19)7-3-4-8-16)11-13-10-14(17)5-6-15(13)18/h5-6,10H,2-4,7-9,11-12,19H2,1H3. The quantitative estimate of drug-likeness (QED) is 0.866. The highest BCUT2D eigenvalue weighted by Crippen LogP contribution is 2.35. The van der Waals surface area contributed by atoms with Crippen molar-refractivity contribution in [3.63, 3.8) is 0 Å². The summed E-state index contributed by atoms with van der Waals surface area (Å²) in [6, 6.07) is 3.67. The van der Waals surface area contributed by atoms with Crippen LogP contribution in [0.1, 0.15) is 44.6 Å². The maximum atomic E-state index is 13.9. The van der Waals surface area contributed by atoms with Gasteiger partial charge in [-0.25, -0.2) is 8.78 Å². The number of nitrogens with zero attached hydrogens (tertiary/aromatic N) is 1. The van der Waals surface area contributed by atoms with E-state index in [4.69, 9.17) is 5.73 Å². The molecule has 112 valence electrons. The summed E-state index contributed by atoms with van der Waals surface area (Å²) in [7, 11) is 0. The molecule has 0 atom stereocenters. The molecule has 20 heavy (non-hydrogen) atoms. The van der Waals surface area contributed by atoms with Crippen LogP contribution in [0, 0.1) is 11.6 Å². The molecule has 0 unspecified atom stereocenters. The summed E-state index contributed by atoms with van der Waals surface area (Å²) >= 11 is 0. The lowest BCUT2D eigenvalue weighted by Crippen LogP contribution is -2.51. The third kappa shape index (κ3) is 3.18. The second kappa shape index (κ2) is 6.64. The number of halogens is 2. The SMILES string of the molecule is CCCN(Cc1cc(F)ccc1F)C1(CN)CCCC1. The zero-order valence-electron chi connectivity index (χ0n) is 12.2. The Hall–Kier alpha value is -1.00. The third-order valence-corrected chi connectivity index (χ3v) is 4.45. The van der Waals surface area contributed by atoms with Gasteiger partial charge >= 0.3 is 0 Å². The predicted molar refractivity (Wildman–Crippen MR) is 77.3 cm³/mol. The Morgan fingerprint density at radius 2 is 1.95 bits per heavy atom. The third-order valence-electron chi connectivity index (χ3n) is 4.45. The van der Waals surface area contributed by atoms with Gasteiger partial charge in [-0.1, -0.05) is 19.8 Å². The zero-order valence-corrected chi connectivity index (χ0v) is 12.2. The molecule has 1 aromatic carbocycles. The smallest absolute Gasteiger partial charge is 0.127 e. The predicted octanol–water partition coefficient (Wildman–Crippen LogP) is 3.45. The molecule has 0 heterocycles. The van der Waals surface area contributed by atoms with Crippen LogP contribution in [0.2, 0.25) is 0 Å². The molecule has 4 heteroatoms. The van der Waals surface area contributed by atoms with Gasteiger partial charge in [-0.3, -0.25) is 4.90 Å². The zero-order chi connectivity index (χ0) is 14.6. The fourth-order valence-corrected chi connectivity index (χ4v) is 3.31. The number of benzene rings is 1. The van der Waals surface area contributed by atoms with Crippen LogP contribution in [0.3, 0.4) is 0 Å². The first-order valence-electron chi connectivity index (χ1n) is 7.50. The molecule has 2 nitrogen and oxygen atoms in total. The molecule has 0 amide bonds. The Morgan fingerprint density at radius 3 is 2.55 bits per heavy atom. The van der Waals surface area contributed by atoms with Crippen molar-refractivity contribution in [3.05, 3.63) is 35.4 Å². The van der Waals surface area contributed by atoms with Gasteiger partial charge in [0.15, 0.2) is 0 Å². The summed E-state index contributed by atoms with van der Waals surface area (Å²) < 4.78 is 27.2. The lowest BCUT2D eigenvalue weighted by atomic mass is 9.94. The van der Waals surface area contributed by atoms with Gasteiger partial charge < -0.3 is 5.73 Å². The van der Waals surface area contributed by atoms with Crippen molar-refractivity contribution in [1.29, 1.82) is 0 Å². The van der Waals surface area contributed by atoms with Gasteiger partial charge in [0.1, 0.15) is 11.6 Å². The summed E-state index contributed by atoms with van der Waals surface area (Å²) in [5, 5.41) is 0. The van der Waals surface area contributed by atoms with Crippen molar-refractivity contribution >= 4 is 0 Å². The topological polar surface area (TPSA) is 29.3 Å². The molecule has 0 aliphatic heterocycles. The van der Waals surface area contributed by atoms with E-state index in [-0.39, 0.29) is 17.2 Å². The summed E-state index contributed by atoms with van der Waals surface area (Å²) in [6.45, 7) is 4.00. The van der Waals surface area contributed by atoms with Crippen LogP contribution in [-0.4, -0.2) is 23.5 Å². The van der Waals surface area contributed by atoms with E-state index in [0.29, 0.717) is 18.7 Å². The average Bonchev–Trinajstić information content (AvgIpc) is 2.92. The Balaban J connectivity index is 2.22. The molecular weight excluding hydrogens is 258 g/mol. The molecule has 0 radical (unpaired) electrons. The summed E-state index contributed by atoms with van der Waals surface area (Å²) in [5.74, 6) is -0.719. The Bertz CT molecular complexity index is 442. The minimum absolute atomic E-state index is 0.0330. The molecule has 1 fully saturated rings. The Morgan fingerprint density at radius 1 is 1.25 bits per heavy atom. The number of hydrogen-bond acceptors (Lipinski definition) is 2. The van der Waals surface area contributed by atoms with Crippen molar-refractivity contribution < 1.29 is 8.78 Å². The lowest BCUT2D eigenvalue weighted by molar-refractivity contribution is 0.0890. The molecule has 2 rings (SSSR count). The van der Waals surface area contributed by atoms with Crippen LogP contribution in [0.15, 0.2) is 18.2 Å². The van der Waals surface area contributed by atoms with Gasteiger partial charge in [0.25, 0.3) is 0 Å². The van der Waals surface area contributed by atoms with Crippen molar-refractivity contribution in [1.82, 2.24) is 4.90 Å². The fraction of sp³-hybridized carbons (Fsp3) is 0.625. The Kier molecular flexibility index (Phi) is 5.11. The van der Waals surface area contributed by atoms with Gasteiger partial charge in [0, 0.05) is 24.2 Å². The molecule has 0 aromatic heterocycles. The average molecular weight is 282 g/mol. The van der Waals surface area contributed by atoms with Crippen molar-refractivity contribution in [2.45, 2.75) is 51.1 Å². The van der Waals surface area contributed by atoms with Crippen LogP contribution >= 0.6 is 0 Å². The van der Waals surface area contributed by atoms with E-state index in [2.05, 4.69) is 11.8 Å². The number of rotatable bonds is 6. The van der Waals surface area contributed by atoms with Gasteiger partial charge in [-0.2, -0.15) is 0 Å². The summed E-state index contributed by atoms with van der Waals surface area (Å²) in [6.07, 6.45) is 5.44. The van der Waals surface area contributed by atoms with Crippen molar-refractivity contribution in [2.75, 3.05) is 13.1 Å². The van der Waals surface area contributed by atoms with Crippen LogP contribution in [0.4, 0.5) is 8.78 Å². The highest BCUT2D eigenvalue weighted by molar-refractivity contribution is 5.19. The number of nitrogens with two attached hydrogens (primary N) is 1. The first kappa shape index (κ1) is 15.4. The first-order chi connectivity index (χ1) is 9.61. The minimum Gasteiger partial charge on any atom is -0.329 e. The van der Waals surface area contributed by atoms with Crippen molar-refractivity contribution in [2.24, 2.45) is 5.73 Å². The number of hydrogen-bond donors (Lipinski definition) is 1. The summed E-state index contributed by atoms with van der Waals surface area (Å²) in [5.41, 5.74) is 6.41. The van der Waals surface area contributed by atoms with Gasteiger partial charge in [-0.05, 0) is 44.0 Å². The van der Waals surface area contributed by atoms with Crippen LogP contribution in [0.5, 0.6) is 0 Å². The monoisotopic (exact) mass is 282 g/mol. The molecular formula is C16H24F2N2. The van der Waals surface area contributed by atoms with E-state index in [1.54, 1.807) is 0 Å². The van der Waals surface area contributed by atoms with Gasteiger partial charge in [0.05, 0.1) is 0 Å². The highest BCUT2D eigenvalue weighted by Gasteiger charge is 2.38. The van der Waals surface area contributed by atoms with Gasteiger partial charge in [0.2, 0.25) is 0 Å². The van der Waals surface area contributed by atoms with E-state index in [1.807, 2.05) is 0 Å². The molecule has 1 aliphatic rings. The largest absolute Gasteiger partial charge is 0.329 e. The van der Waals surface area contributed by atoms with Crippen molar-refractivity contribution in [3.8, 4) is 0 Å². The Labute approximate surface area is 120 Å². The maximum absolute atomic E-state index is 13.9. The minimum atomic E-state index is -0.383. The van der Waals surface area contributed by atoms with E-state index >= 15 is 0 Å². The fourth-order valence-electron chi connectivity index (χ4n) is 3.31. The van der Waals surface area contributed by atoms with Crippen LogP contribution in [-0.2, 0) is 6.54 Å². The second-order valence-corrected chi connectivity index (χ2v) is 5.79. The van der Waals surface area contributed by atoms with E-state index in [1.165, 1.54) is 25.0 Å². The highest BCUT2D eigenvalue weighted by atomic mass is 19.1. The van der Waals surface area contributed by atoms with E-state index < -0.39 is 0 Å². The molecule has 0 spiro atoms. The molecule has 1 aromatic rings. The van der Waals surface area contributed by atoms with Gasteiger partial charge in [-0.15, -0.1) is 0 Å². The molecule has 2 N–H and O–H groups in total. The van der Waals surface area contributed by atoms with E-state index in [0.717, 1.165) is 31.9 Å². The van der Waals surface area contributed by atoms with Crippen LogP contribution < -0.4 is 5.73 Å². The summed E-state index contributed by atoms with van der Waals surface area (Å²) in [4.78, 5) is 2.26. The molecule has 0 bridgehead atoms. The van der Waals surface area contributed by atoms with Crippen LogP contribution in [0.25, 0.3) is 0 Å². The molecule has 0 saturated heterocycles.